The van der Waals surface area contributed by atoms with Crippen LogP contribution >= 0.6 is 0 Å². The molecule has 0 spiro atoms. The molecule has 2 nitrogen and oxygen atoms in total. The summed E-state index contributed by atoms with van der Waals surface area (Å²) in [6, 6.07) is 10.4. The molecule has 0 aliphatic carbocycles. The summed E-state index contributed by atoms with van der Waals surface area (Å²) in [6.07, 6.45) is 0. The summed E-state index contributed by atoms with van der Waals surface area (Å²) >= 11 is 0. The lowest BCUT2D eigenvalue weighted by atomic mass is 9.88. The molecule has 2 rings (SSSR count). The van der Waals surface area contributed by atoms with Crippen LogP contribution < -0.4 is 5.32 Å². The fourth-order valence-corrected chi connectivity index (χ4v) is 1.26. The van der Waals surface area contributed by atoms with E-state index in [9.17, 15) is 5.11 Å². The highest BCUT2D eigenvalue weighted by Gasteiger charge is 2.35. The molecule has 2 N–H and O–H groups in total. The second-order valence-corrected chi connectivity index (χ2v) is 2.92. The molecule has 1 fully saturated rings. The fraction of sp³-hybridized carbons (Fsp3) is 0.333. The van der Waals surface area contributed by atoms with Crippen molar-refractivity contribution >= 4 is 0 Å². The van der Waals surface area contributed by atoms with Gasteiger partial charge in [0.05, 0.1) is 0 Å². The van der Waals surface area contributed by atoms with Gasteiger partial charge in [-0.2, -0.15) is 0 Å². The van der Waals surface area contributed by atoms with Crippen LogP contribution in [0.2, 0.25) is 0 Å². The van der Waals surface area contributed by atoms with Gasteiger partial charge in [-0.15, -0.1) is 0 Å². The molecule has 1 radical (unpaired) electrons. The third kappa shape index (κ3) is 1.04. The van der Waals surface area contributed by atoms with Gasteiger partial charge < -0.3 is 10.4 Å². The third-order valence-electron chi connectivity index (χ3n) is 2.09. The maximum absolute atomic E-state index is 9.80. The molecule has 1 aliphatic heterocycles. The van der Waals surface area contributed by atoms with E-state index in [-0.39, 0.29) is 0 Å². The second-order valence-electron chi connectivity index (χ2n) is 2.92. The van der Waals surface area contributed by atoms with Crippen LogP contribution in [0.1, 0.15) is 5.56 Å². The summed E-state index contributed by atoms with van der Waals surface area (Å²) in [4.78, 5) is 0. The summed E-state index contributed by atoms with van der Waals surface area (Å²) in [5.41, 5.74) is 0.366. The molecular weight excluding hydrogens is 138 g/mol. The first kappa shape index (κ1) is 6.83. The van der Waals surface area contributed by atoms with Crippen molar-refractivity contribution in [2.45, 2.75) is 5.60 Å². The highest BCUT2D eigenvalue weighted by atomic mass is 16.3. The van der Waals surface area contributed by atoms with Gasteiger partial charge in [0.1, 0.15) is 5.60 Å². The van der Waals surface area contributed by atoms with Gasteiger partial charge in [-0.25, -0.2) is 0 Å². The molecule has 57 valence electrons. The van der Waals surface area contributed by atoms with Crippen LogP contribution in [0.3, 0.4) is 0 Å². The topological polar surface area (TPSA) is 32.3 Å². The van der Waals surface area contributed by atoms with Gasteiger partial charge in [0, 0.05) is 13.1 Å². The molecule has 1 saturated heterocycles. The molecule has 11 heavy (non-hydrogen) atoms. The van der Waals surface area contributed by atoms with Crippen LogP contribution in [-0.4, -0.2) is 18.2 Å². The van der Waals surface area contributed by atoms with Gasteiger partial charge in [-0.05, 0) is 11.6 Å². The molecular formula is C9H10NO. The van der Waals surface area contributed by atoms with Gasteiger partial charge in [-0.1, -0.05) is 24.3 Å². The number of benzene rings is 1. The quantitative estimate of drug-likeness (QED) is 0.599. The third-order valence-corrected chi connectivity index (χ3v) is 2.09. The van der Waals surface area contributed by atoms with Gasteiger partial charge >= 0.3 is 0 Å². The molecule has 0 unspecified atom stereocenters. The molecule has 1 heterocycles. The Bertz CT molecular complexity index is 241. The Labute approximate surface area is 65.9 Å². The predicted octanol–water partition coefficient (Wildman–Crippen LogP) is 0.278. The lowest BCUT2D eigenvalue weighted by Gasteiger charge is -2.37. The molecule has 2 heteroatoms. The fourth-order valence-electron chi connectivity index (χ4n) is 1.26. The first-order valence-corrected chi connectivity index (χ1v) is 3.71. The van der Waals surface area contributed by atoms with Crippen LogP contribution in [0, 0.1) is 6.07 Å². The van der Waals surface area contributed by atoms with Crippen LogP contribution in [0.5, 0.6) is 0 Å². The van der Waals surface area contributed by atoms with Crippen molar-refractivity contribution in [3.05, 3.63) is 35.9 Å². The molecule has 0 aromatic heterocycles. The maximum atomic E-state index is 9.80. The number of nitrogens with one attached hydrogen (secondary N) is 1. The lowest BCUT2D eigenvalue weighted by Crippen LogP contribution is -2.56. The van der Waals surface area contributed by atoms with E-state index in [1.165, 1.54) is 0 Å². The molecule has 1 aliphatic rings. The van der Waals surface area contributed by atoms with E-state index in [4.69, 9.17) is 0 Å². The predicted molar refractivity (Wildman–Crippen MR) is 42.0 cm³/mol. The molecule has 0 amide bonds. The highest BCUT2D eigenvalue weighted by Crippen LogP contribution is 2.24. The summed E-state index contributed by atoms with van der Waals surface area (Å²) in [7, 11) is 0. The number of hydrogen-bond acceptors (Lipinski definition) is 2. The van der Waals surface area contributed by atoms with Gasteiger partial charge in [-0.3, -0.25) is 0 Å². The zero-order valence-electron chi connectivity index (χ0n) is 6.17. The smallest absolute Gasteiger partial charge is 0.114 e. The summed E-state index contributed by atoms with van der Waals surface area (Å²) < 4.78 is 0. The molecule has 1 aromatic rings. The lowest BCUT2D eigenvalue weighted by molar-refractivity contribution is -0.0146. The zero-order valence-corrected chi connectivity index (χ0v) is 6.17. The van der Waals surface area contributed by atoms with Crippen LogP contribution in [0.25, 0.3) is 0 Å². The Balaban J connectivity index is 2.29. The first-order valence-electron chi connectivity index (χ1n) is 3.71. The molecule has 1 aromatic carbocycles. The van der Waals surface area contributed by atoms with Crippen molar-refractivity contribution in [2.75, 3.05) is 13.1 Å². The Morgan fingerprint density at radius 3 is 2.45 bits per heavy atom. The van der Waals surface area contributed by atoms with E-state index in [0.717, 1.165) is 5.56 Å². The van der Waals surface area contributed by atoms with Crippen molar-refractivity contribution in [3.8, 4) is 0 Å². The minimum Gasteiger partial charge on any atom is -0.382 e. The SMILES string of the molecule is OC1(c2cc[c]cc2)CNC1. The van der Waals surface area contributed by atoms with Gasteiger partial charge in [0.2, 0.25) is 0 Å². The van der Waals surface area contributed by atoms with E-state index < -0.39 is 5.60 Å². The minimum atomic E-state index is -0.616. The first-order chi connectivity index (χ1) is 5.31. The Morgan fingerprint density at radius 2 is 2.00 bits per heavy atom. The Hall–Kier alpha value is -0.860. The van der Waals surface area contributed by atoms with Crippen LogP contribution in [0.4, 0.5) is 0 Å². The van der Waals surface area contributed by atoms with E-state index in [1.807, 2.05) is 24.3 Å². The number of hydrogen-bond donors (Lipinski definition) is 2. The van der Waals surface area contributed by atoms with E-state index in [2.05, 4.69) is 11.4 Å². The summed E-state index contributed by atoms with van der Waals surface area (Å²) in [5.74, 6) is 0. The largest absolute Gasteiger partial charge is 0.382 e. The van der Waals surface area contributed by atoms with Crippen molar-refractivity contribution < 1.29 is 5.11 Å². The Kier molecular flexibility index (Phi) is 1.44. The number of rotatable bonds is 1. The number of aliphatic hydroxyl groups is 1. The highest BCUT2D eigenvalue weighted by molar-refractivity contribution is 5.25. The van der Waals surface area contributed by atoms with E-state index in [1.54, 1.807) is 0 Å². The van der Waals surface area contributed by atoms with E-state index >= 15 is 0 Å². The summed E-state index contributed by atoms with van der Waals surface area (Å²) in [6.45, 7) is 1.33. The molecule has 0 saturated carbocycles. The van der Waals surface area contributed by atoms with Crippen molar-refractivity contribution in [2.24, 2.45) is 0 Å². The monoisotopic (exact) mass is 148 g/mol. The average Bonchev–Trinajstić information content (AvgIpc) is 2.02. The van der Waals surface area contributed by atoms with Crippen LogP contribution in [-0.2, 0) is 5.60 Å². The van der Waals surface area contributed by atoms with Crippen molar-refractivity contribution in [1.82, 2.24) is 5.32 Å². The van der Waals surface area contributed by atoms with Gasteiger partial charge in [0.25, 0.3) is 0 Å². The van der Waals surface area contributed by atoms with Crippen molar-refractivity contribution in [3.63, 3.8) is 0 Å². The Morgan fingerprint density at radius 1 is 1.36 bits per heavy atom. The van der Waals surface area contributed by atoms with Gasteiger partial charge in [0.15, 0.2) is 0 Å². The summed E-state index contributed by atoms with van der Waals surface area (Å²) in [5, 5.41) is 12.8. The van der Waals surface area contributed by atoms with E-state index in [0.29, 0.717) is 13.1 Å². The second kappa shape index (κ2) is 2.32. The number of β-amino-alcohol motifs (C(OH)–C–C–N with tert-alkyl or cyclic N) is 1. The zero-order chi connectivity index (χ0) is 7.73. The standard InChI is InChI=1S/C9H10NO/c11-9(6-10-7-9)8-4-2-1-3-5-8/h2-5,10-11H,6-7H2. The normalized spacial score (nSPS) is 20.8. The maximum Gasteiger partial charge on any atom is 0.114 e. The molecule has 0 bridgehead atoms. The minimum absolute atomic E-state index is 0.616. The van der Waals surface area contributed by atoms with Crippen LogP contribution in [0.15, 0.2) is 24.3 Å². The molecule has 0 atom stereocenters. The van der Waals surface area contributed by atoms with Crippen molar-refractivity contribution in [1.29, 1.82) is 0 Å². The average molecular weight is 148 g/mol.